The van der Waals surface area contributed by atoms with Gasteiger partial charge in [0, 0.05) is 42.6 Å². The van der Waals surface area contributed by atoms with Crippen LogP contribution in [0.2, 0.25) is 0 Å². The van der Waals surface area contributed by atoms with E-state index in [-0.39, 0.29) is 11.8 Å². The Morgan fingerprint density at radius 3 is 2.51 bits per heavy atom. The fourth-order valence-corrected chi connectivity index (χ4v) is 5.23. The molecule has 1 aliphatic heterocycles. The van der Waals surface area contributed by atoms with E-state index >= 15 is 0 Å². The van der Waals surface area contributed by atoms with E-state index < -0.39 is 12.2 Å². The summed E-state index contributed by atoms with van der Waals surface area (Å²) in [6, 6.07) is 10.7. The van der Waals surface area contributed by atoms with Crippen molar-refractivity contribution in [1.29, 1.82) is 0 Å². The predicted molar refractivity (Wildman–Crippen MR) is 140 cm³/mol. The van der Waals surface area contributed by atoms with Crippen molar-refractivity contribution >= 4 is 11.0 Å². The largest absolute Gasteiger partial charge is 0.434 e. The van der Waals surface area contributed by atoms with E-state index in [1.54, 1.807) is 38.4 Å². The molecule has 39 heavy (non-hydrogen) atoms. The average molecular weight is 532 g/mol. The standard InChI is InChI=1S/C28H27F2N7O2/c1-15-34-35-25(36(15)4)18-6-5-7-22(39-27(29)30)24(18)20-10-11-23-33-19-9-8-16(12-21(19)37(20)23)17-13-31-26(32-14-17)28(2,3)38/h5-9,12-14,20,27,38H,10-11H2,1-4H3/t20-/m1/s1. The van der Waals surface area contributed by atoms with Crippen molar-refractivity contribution in [3.8, 4) is 28.3 Å². The first-order valence-corrected chi connectivity index (χ1v) is 12.6. The van der Waals surface area contributed by atoms with E-state index in [4.69, 9.17) is 9.72 Å². The van der Waals surface area contributed by atoms with E-state index in [2.05, 4.69) is 24.7 Å². The second kappa shape index (κ2) is 9.19. The third-order valence-corrected chi connectivity index (χ3v) is 7.20. The lowest BCUT2D eigenvalue weighted by molar-refractivity contribution is -0.0506. The van der Waals surface area contributed by atoms with Gasteiger partial charge in [0.1, 0.15) is 23.0 Å². The van der Waals surface area contributed by atoms with Gasteiger partial charge in [0.05, 0.1) is 17.1 Å². The number of aryl methyl sites for hydroxylation is 2. The number of nitrogens with zero attached hydrogens (tertiary/aromatic N) is 7. The number of fused-ring (bicyclic) bond motifs is 3. The van der Waals surface area contributed by atoms with Gasteiger partial charge >= 0.3 is 6.61 Å². The zero-order valence-electron chi connectivity index (χ0n) is 21.9. The fourth-order valence-electron chi connectivity index (χ4n) is 5.23. The van der Waals surface area contributed by atoms with E-state index in [9.17, 15) is 13.9 Å². The van der Waals surface area contributed by atoms with E-state index in [0.29, 0.717) is 41.4 Å². The first-order valence-electron chi connectivity index (χ1n) is 12.6. The summed E-state index contributed by atoms with van der Waals surface area (Å²) in [5.74, 6) is 2.59. The van der Waals surface area contributed by atoms with Gasteiger partial charge in [0.15, 0.2) is 11.6 Å². The minimum Gasteiger partial charge on any atom is -0.434 e. The fraction of sp³-hybridized carbons (Fsp3) is 0.321. The van der Waals surface area contributed by atoms with Crippen molar-refractivity contribution < 1.29 is 18.6 Å². The molecule has 1 N–H and O–H groups in total. The first kappa shape index (κ1) is 25.1. The Hall–Kier alpha value is -4.25. The quantitative estimate of drug-likeness (QED) is 0.330. The lowest BCUT2D eigenvalue weighted by Gasteiger charge is -2.22. The molecule has 0 spiro atoms. The summed E-state index contributed by atoms with van der Waals surface area (Å²) in [4.78, 5) is 13.5. The summed E-state index contributed by atoms with van der Waals surface area (Å²) in [5, 5.41) is 18.7. The Balaban J connectivity index is 1.50. The molecule has 0 saturated carbocycles. The van der Waals surface area contributed by atoms with Gasteiger partial charge in [-0.25, -0.2) is 15.0 Å². The molecule has 0 saturated heterocycles. The molecule has 2 aromatic carbocycles. The Kier molecular flexibility index (Phi) is 5.91. The molecule has 0 amide bonds. The van der Waals surface area contributed by atoms with Crippen molar-refractivity contribution in [2.75, 3.05) is 0 Å². The zero-order valence-corrected chi connectivity index (χ0v) is 21.9. The summed E-state index contributed by atoms with van der Waals surface area (Å²) in [6.45, 7) is 2.14. The van der Waals surface area contributed by atoms with E-state index in [0.717, 1.165) is 28.0 Å². The maximum Gasteiger partial charge on any atom is 0.387 e. The Morgan fingerprint density at radius 1 is 1.08 bits per heavy atom. The molecule has 11 heteroatoms. The van der Waals surface area contributed by atoms with Crippen LogP contribution in [0.1, 0.15) is 49.3 Å². The molecule has 1 atom stereocenters. The van der Waals surface area contributed by atoms with Crippen molar-refractivity contribution in [1.82, 2.24) is 34.3 Å². The maximum absolute atomic E-state index is 13.5. The highest BCUT2D eigenvalue weighted by atomic mass is 19.3. The molecule has 200 valence electrons. The molecule has 0 unspecified atom stereocenters. The SMILES string of the molecule is Cc1nnc(-c2cccc(OC(F)F)c2[C@H]2CCc3nc4ccc(-c5cnc(C(C)(C)O)nc5)cc4n32)n1C. The van der Waals surface area contributed by atoms with Crippen molar-refractivity contribution in [3.05, 3.63) is 71.8 Å². The molecule has 0 fully saturated rings. The second-order valence-corrected chi connectivity index (χ2v) is 10.2. The van der Waals surface area contributed by atoms with Crippen LogP contribution in [-0.2, 0) is 19.1 Å². The van der Waals surface area contributed by atoms with Crippen LogP contribution < -0.4 is 4.74 Å². The van der Waals surface area contributed by atoms with Crippen molar-refractivity contribution in [2.45, 2.75) is 51.9 Å². The van der Waals surface area contributed by atoms with Gasteiger partial charge in [-0.1, -0.05) is 18.2 Å². The molecule has 0 radical (unpaired) electrons. The number of ether oxygens (including phenoxy) is 1. The normalized spacial score (nSPS) is 15.3. The van der Waals surface area contributed by atoms with Crippen LogP contribution in [-0.4, -0.2) is 46.0 Å². The summed E-state index contributed by atoms with van der Waals surface area (Å²) in [6.07, 6.45) is 4.71. The van der Waals surface area contributed by atoms with Crippen LogP contribution in [0.5, 0.6) is 5.75 Å². The number of alkyl halides is 2. The Labute approximate surface area is 223 Å². The van der Waals surface area contributed by atoms with Crippen LogP contribution in [0.3, 0.4) is 0 Å². The molecule has 4 heterocycles. The van der Waals surface area contributed by atoms with Crippen molar-refractivity contribution in [3.63, 3.8) is 0 Å². The minimum absolute atomic E-state index is 0.106. The van der Waals surface area contributed by atoms with Crippen LogP contribution in [0.4, 0.5) is 8.78 Å². The second-order valence-electron chi connectivity index (χ2n) is 10.2. The monoisotopic (exact) mass is 531 g/mol. The third-order valence-electron chi connectivity index (χ3n) is 7.20. The molecule has 9 nitrogen and oxygen atoms in total. The predicted octanol–water partition coefficient (Wildman–Crippen LogP) is 4.96. The topological polar surface area (TPSA) is 104 Å². The molecule has 0 bridgehead atoms. The Morgan fingerprint density at radius 2 is 1.85 bits per heavy atom. The Bertz CT molecular complexity index is 1690. The van der Waals surface area contributed by atoms with Crippen molar-refractivity contribution in [2.24, 2.45) is 7.05 Å². The van der Waals surface area contributed by atoms with Gasteiger partial charge < -0.3 is 19.0 Å². The molecular weight excluding hydrogens is 504 g/mol. The van der Waals surface area contributed by atoms with Gasteiger partial charge in [-0.2, -0.15) is 8.78 Å². The maximum atomic E-state index is 13.5. The number of halogens is 2. The number of aliphatic hydroxyl groups is 1. The zero-order chi connectivity index (χ0) is 27.5. The highest BCUT2D eigenvalue weighted by molar-refractivity contribution is 5.83. The van der Waals surface area contributed by atoms with Gasteiger partial charge in [0.2, 0.25) is 0 Å². The highest BCUT2D eigenvalue weighted by Crippen LogP contribution is 2.44. The molecule has 1 aliphatic rings. The summed E-state index contributed by atoms with van der Waals surface area (Å²) in [7, 11) is 1.85. The molecule has 3 aromatic heterocycles. The smallest absolute Gasteiger partial charge is 0.387 e. The number of hydrogen-bond acceptors (Lipinski definition) is 7. The lowest BCUT2D eigenvalue weighted by Crippen LogP contribution is -2.19. The van der Waals surface area contributed by atoms with E-state index in [1.165, 1.54) is 0 Å². The van der Waals surface area contributed by atoms with Crippen LogP contribution in [0.15, 0.2) is 48.8 Å². The van der Waals surface area contributed by atoms with Gasteiger partial charge in [-0.3, -0.25) is 0 Å². The van der Waals surface area contributed by atoms with Crippen LogP contribution >= 0.6 is 0 Å². The first-order chi connectivity index (χ1) is 18.6. The summed E-state index contributed by atoms with van der Waals surface area (Å²) >= 11 is 0. The summed E-state index contributed by atoms with van der Waals surface area (Å²) < 4.78 is 36.0. The molecule has 0 aliphatic carbocycles. The molecule has 5 aromatic rings. The molecular formula is C28H27F2N7O2. The number of rotatable bonds is 6. The van der Waals surface area contributed by atoms with Gasteiger partial charge in [-0.15, -0.1) is 10.2 Å². The van der Waals surface area contributed by atoms with Gasteiger partial charge in [-0.05, 0) is 51.0 Å². The molecule has 6 rings (SSSR count). The van der Waals surface area contributed by atoms with E-state index in [1.807, 2.05) is 42.8 Å². The number of imidazole rings is 1. The average Bonchev–Trinajstić information content (AvgIpc) is 3.57. The highest BCUT2D eigenvalue weighted by Gasteiger charge is 2.33. The number of benzene rings is 2. The number of hydrogen-bond donors (Lipinski definition) is 1. The van der Waals surface area contributed by atoms with Crippen LogP contribution in [0, 0.1) is 6.92 Å². The number of aromatic nitrogens is 7. The third kappa shape index (κ3) is 4.32. The van der Waals surface area contributed by atoms with Crippen LogP contribution in [0.25, 0.3) is 33.5 Å². The van der Waals surface area contributed by atoms with Gasteiger partial charge in [0.25, 0.3) is 0 Å². The summed E-state index contributed by atoms with van der Waals surface area (Å²) in [5.41, 5.74) is 3.48. The lowest BCUT2D eigenvalue weighted by atomic mass is 9.96. The minimum atomic E-state index is -2.97.